The number of nitrogens with one attached hydrogen (secondary N) is 1. The minimum Gasteiger partial charge on any atom is -0.481 e. The van der Waals surface area contributed by atoms with Crippen LogP contribution in [0.2, 0.25) is 0 Å². The van der Waals surface area contributed by atoms with E-state index in [1.54, 1.807) is 6.20 Å². The van der Waals surface area contributed by atoms with Gasteiger partial charge in [-0.2, -0.15) is 0 Å². The van der Waals surface area contributed by atoms with E-state index in [1.165, 1.54) is 55.2 Å². The number of hydrogen-bond acceptors (Lipinski definition) is 5. The number of carboxylic acids is 1. The van der Waals surface area contributed by atoms with Crippen molar-refractivity contribution >= 4 is 40.2 Å². The number of aliphatic carboxylic acids is 1. The topological polar surface area (TPSA) is 82.5 Å². The van der Waals surface area contributed by atoms with Gasteiger partial charge in [0, 0.05) is 12.1 Å². The summed E-state index contributed by atoms with van der Waals surface area (Å²) in [6.07, 6.45) is 12.1. The first kappa shape index (κ1) is 18.5. The third kappa shape index (κ3) is 5.10. The maximum Gasteiger partial charge on any atom is 0.324 e. The zero-order valence-corrected chi connectivity index (χ0v) is 15.9. The monoisotopic (exact) mass is 383 g/mol. The molecule has 2 amide bonds. The number of thioether (sulfide) groups is 1. The van der Waals surface area contributed by atoms with Crippen molar-refractivity contribution in [3.8, 4) is 0 Å². The van der Waals surface area contributed by atoms with Crippen molar-refractivity contribution in [3.05, 3.63) is 6.20 Å². The highest BCUT2D eigenvalue weighted by atomic mass is 32.2. The Balaban J connectivity index is 1.64. The third-order valence-electron chi connectivity index (χ3n) is 4.96. The SMILES string of the molecule is O=C(O)CSc1cnc(NC(=O)N(C2CCCCC2)C2CCCC2)s1. The first-order valence-corrected chi connectivity index (χ1v) is 10.8. The van der Waals surface area contributed by atoms with Crippen molar-refractivity contribution in [1.29, 1.82) is 0 Å². The molecule has 0 spiro atoms. The molecule has 0 atom stereocenters. The van der Waals surface area contributed by atoms with Crippen LogP contribution >= 0.6 is 23.1 Å². The zero-order valence-electron chi connectivity index (χ0n) is 14.3. The number of urea groups is 1. The van der Waals surface area contributed by atoms with Gasteiger partial charge in [0.25, 0.3) is 0 Å². The Morgan fingerprint density at radius 2 is 1.76 bits per heavy atom. The largest absolute Gasteiger partial charge is 0.481 e. The highest BCUT2D eigenvalue weighted by Crippen LogP contribution is 2.33. The summed E-state index contributed by atoms with van der Waals surface area (Å²) < 4.78 is 0.808. The molecule has 25 heavy (non-hydrogen) atoms. The molecule has 2 aliphatic carbocycles. The summed E-state index contributed by atoms with van der Waals surface area (Å²) in [5.74, 6) is -0.847. The van der Waals surface area contributed by atoms with Gasteiger partial charge in [-0.15, -0.1) is 11.8 Å². The third-order valence-corrected chi connectivity index (χ3v) is 7.05. The summed E-state index contributed by atoms with van der Waals surface area (Å²) in [4.78, 5) is 29.9. The van der Waals surface area contributed by atoms with E-state index < -0.39 is 5.97 Å². The second-order valence-corrected chi connectivity index (χ2v) is 9.04. The average molecular weight is 384 g/mol. The van der Waals surface area contributed by atoms with Crippen molar-refractivity contribution in [1.82, 2.24) is 9.88 Å². The van der Waals surface area contributed by atoms with Crippen LogP contribution in [0.15, 0.2) is 10.4 Å². The summed E-state index contributed by atoms with van der Waals surface area (Å²) in [6.45, 7) is 0. The van der Waals surface area contributed by atoms with Gasteiger partial charge >= 0.3 is 12.0 Å². The molecule has 1 heterocycles. The molecule has 0 aromatic carbocycles. The Bertz CT molecular complexity index is 596. The number of amides is 2. The van der Waals surface area contributed by atoms with Crippen molar-refractivity contribution < 1.29 is 14.7 Å². The average Bonchev–Trinajstić information content (AvgIpc) is 3.26. The van der Waals surface area contributed by atoms with Crippen LogP contribution in [-0.2, 0) is 4.79 Å². The van der Waals surface area contributed by atoms with Gasteiger partial charge in [0.1, 0.15) is 0 Å². The van der Waals surface area contributed by atoms with Gasteiger partial charge in [-0.3, -0.25) is 10.1 Å². The highest BCUT2D eigenvalue weighted by Gasteiger charge is 2.33. The van der Waals surface area contributed by atoms with Gasteiger partial charge in [-0.25, -0.2) is 9.78 Å². The highest BCUT2D eigenvalue weighted by molar-refractivity contribution is 8.01. The normalized spacial score (nSPS) is 19.0. The fourth-order valence-corrected chi connectivity index (χ4v) is 5.43. The molecule has 0 bridgehead atoms. The molecule has 1 aromatic heterocycles. The van der Waals surface area contributed by atoms with Crippen LogP contribution in [0.4, 0.5) is 9.93 Å². The lowest BCUT2D eigenvalue weighted by Crippen LogP contribution is -2.49. The summed E-state index contributed by atoms with van der Waals surface area (Å²) in [6, 6.07) is 0.657. The fourth-order valence-electron chi connectivity index (χ4n) is 3.84. The second kappa shape index (κ2) is 8.89. The number of aromatic nitrogens is 1. The summed E-state index contributed by atoms with van der Waals surface area (Å²) in [5.41, 5.74) is 0. The number of carboxylic acid groups (broad SMARTS) is 1. The molecule has 8 heteroatoms. The van der Waals surface area contributed by atoms with Crippen LogP contribution in [0.25, 0.3) is 0 Å². The predicted octanol–water partition coefficient (Wildman–Crippen LogP) is 4.43. The zero-order chi connectivity index (χ0) is 17.6. The van der Waals surface area contributed by atoms with E-state index in [0.29, 0.717) is 17.2 Å². The van der Waals surface area contributed by atoms with Gasteiger partial charge in [0.2, 0.25) is 0 Å². The Morgan fingerprint density at radius 1 is 1.16 bits per heavy atom. The van der Waals surface area contributed by atoms with Crippen LogP contribution < -0.4 is 5.32 Å². The van der Waals surface area contributed by atoms with Crippen LogP contribution in [-0.4, -0.2) is 44.8 Å². The van der Waals surface area contributed by atoms with Gasteiger partial charge in [0.15, 0.2) is 5.13 Å². The Morgan fingerprint density at radius 3 is 2.36 bits per heavy atom. The molecule has 2 saturated carbocycles. The van der Waals surface area contributed by atoms with Gasteiger partial charge in [0.05, 0.1) is 16.2 Å². The van der Waals surface area contributed by atoms with E-state index in [9.17, 15) is 9.59 Å². The van der Waals surface area contributed by atoms with Crippen LogP contribution in [0, 0.1) is 0 Å². The molecule has 1 aromatic rings. The van der Waals surface area contributed by atoms with Crippen molar-refractivity contribution in [2.75, 3.05) is 11.1 Å². The number of hydrogen-bond donors (Lipinski definition) is 2. The lowest BCUT2D eigenvalue weighted by Gasteiger charge is -2.38. The summed E-state index contributed by atoms with van der Waals surface area (Å²) in [7, 11) is 0. The molecule has 3 rings (SSSR count). The van der Waals surface area contributed by atoms with Crippen LogP contribution in [0.3, 0.4) is 0 Å². The number of carbonyl (C=O) groups excluding carboxylic acids is 1. The first-order chi connectivity index (χ1) is 12.1. The number of carbonyl (C=O) groups is 2. The molecule has 0 aliphatic heterocycles. The second-order valence-electron chi connectivity index (χ2n) is 6.73. The van der Waals surface area contributed by atoms with E-state index in [0.717, 1.165) is 29.9 Å². The number of nitrogens with zero attached hydrogens (tertiary/aromatic N) is 2. The number of anilines is 1. The molecular weight excluding hydrogens is 358 g/mol. The summed E-state index contributed by atoms with van der Waals surface area (Å²) >= 11 is 2.57. The summed E-state index contributed by atoms with van der Waals surface area (Å²) in [5, 5.41) is 12.3. The minimum atomic E-state index is -0.853. The molecule has 6 nitrogen and oxygen atoms in total. The maximum absolute atomic E-state index is 13.0. The molecule has 2 fully saturated rings. The quantitative estimate of drug-likeness (QED) is 0.710. The van der Waals surface area contributed by atoms with Gasteiger partial charge in [-0.1, -0.05) is 43.4 Å². The standard InChI is InChI=1S/C17H25N3O3S2/c21-14(22)11-24-15-10-18-16(25-15)19-17(23)20(13-8-4-5-9-13)12-6-2-1-3-7-12/h10,12-13H,1-9,11H2,(H,21,22)(H,18,19,23). The molecule has 0 radical (unpaired) electrons. The molecule has 138 valence electrons. The van der Waals surface area contributed by atoms with Crippen molar-refractivity contribution in [3.63, 3.8) is 0 Å². The smallest absolute Gasteiger partial charge is 0.324 e. The molecule has 0 saturated heterocycles. The number of rotatable bonds is 6. The lowest BCUT2D eigenvalue weighted by atomic mass is 9.93. The van der Waals surface area contributed by atoms with Gasteiger partial charge < -0.3 is 10.0 Å². The molecule has 2 N–H and O–H groups in total. The van der Waals surface area contributed by atoms with Crippen molar-refractivity contribution in [2.45, 2.75) is 74.1 Å². The van der Waals surface area contributed by atoms with Gasteiger partial charge in [-0.05, 0) is 25.7 Å². The lowest BCUT2D eigenvalue weighted by molar-refractivity contribution is -0.133. The minimum absolute atomic E-state index is 0.00581. The molecule has 0 unspecified atom stereocenters. The Kier molecular flexibility index (Phi) is 6.58. The first-order valence-electron chi connectivity index (χ1n) is 9.03. The Hall–Kier alpha value is -1.28. The Labute approximate surface area is 156 Å². The molecular formula is C17H25N3O3S2. The van der Waals surface area contributed by atoms with E-state index in [-0.39, 0.29) is 11.8 Å². The van der Waals surface area contributed by atoms with E-state index >= 15 is 0 Å². The van der Waals surface area contributed by atoms with Crippen molar-refractivity contribution in [2.24, 2.45) is 0 Å². The van der Waals surface area contributed by atoms with E-state index in [1.807, 2.05) is 0 Å². The number of thiazole rings is 1. The van der Waals surface area contributed by atoms with E-state index in [4.69, 9.17) is 5.11 Å². The maximum atomic E-state index is 13.0. The fraction of sp³-hybridized carbons (Fsp3) is 0.706. The van der Waals surface area contributed by atoms with Crippen LogP contribution in [0.5, 0.6) is 0 Å². The molecule has 2 aliphatic rings. The van der Waals surface area contributed by atoms with Crippen LogP contribution in [0.1, 0.15) is 57.8 Å². The predicted molar refractivity (Wildman–Crippen MR) is 100 cm³/mol. The van der Waals surface area contributed by atoms with E-state index in [2.05, 4.69) is 15.2 Å².